The van der Waals surface area contributed by atoms with Crippen molar-refractivity contribution in [3.05, 3.63) is 28.2 Å². The summed E-state index contributed by atoms with van der Waals surface area (Å²) in [7, 11) is 1.66. The van der Waals surface area contributed by atoms with Crippen molar-refractivity contribution in [1.82, 2.24) is 9.80 Å². The molecule has 1 aromatic carbocycles. The first-order valence-electron chi connectivity index (χ1n) is 12.2. The van der Waals surface area contributed by atoms with Crippen LogP contribution in [0.25, 0.3) is 0 Å². The van der Waals surface area contributed by atoms with Crippen LogP contribution in [-0.4, -0.2) is 71.0 Å². The topological polar surface area (TPSA) is 73.2 Å². The number of aliphatic hydroxyl groups is 1. The van der Waals surface area contributed by atoms with Crippen molar-refractivity contribution < 1.29 is 19.7 Å². The van der Waals surface area contributed by atoms with Crippen molar-refractivity contribution in [1.29, 1.82) is 0 Å². The van der Waals surface area contributed by atoms with Crippen LogP contribution in [0.1, 0.15) is 76.2 Å². The van der Waals surface area contributed by atoms with Crippen LogP contribution in [0.4, 0.5) is 4.79 Å². The summed E-state index contributed by atoms with van der Waals surface area (Å²) in [6, 6.07) is 6.26. The molecule has 0 bridgehead atoms. The Morgan fingerprint density at radius 2 is 1.97 bits per heavy atom. The van der Waals surface area contributed by atoms with Gasteiger partial charge in [0.05, 0.1) is 17.2 Å². The van der Waals surface area contributed by atoms with Gasteiger partial charge in [-0.15, -0.1) is 0 Å². The number of ether oxygens (including phenoxy) is 1. The molecule has 3 rings (SSSR count). The fraction of sp³-hybridized carbons (Fsp3) is 0.720. The number of carbonyl (C=O) groups is 1. The minimum absolute atomic E-state index is 0.0252. The smallest absolute Gasteiger partial charge is 0.407 e. The van der Waals surface area contributed by atoms with Gasteiger partial charge in [-0.2, -0.15) is 0 Å². The van der Waals surface area contributed by atoms with Crippen LogP contribution in [0.2, 0.25) is 0 Å². The summed E-state index contributed by atoms with van der Waals surface area (Å²) in [5.41, 5.74) is 0.441. The Bertz CT molecular complexity index is 745. The van der Waals surface area contributed by atoms with Crippen molar-refractivity contribution >= 4 is 22.0 Å². The van der Waals surface area contributed by atoms with E-state index in [0.29, 0.717) is 6.54 Å². The highest BCUT2D eigenvalue weighted by Crippen LogP contribution is 2.42. The van der Waals surface area contributed by atoms with Crippen LogP contribution < -0.4 is 4.74 Å². The zero-order valence-electron chi connectivity index (χ0n) is 19.6. The van der Waals surface area contributed by atoms with Gasteiger partial charge in [-0.1, -0.05) is 38.7 Å². The first kappa shape index (κ1) is 25.3. The Hall–Kier alpha value is -1.31. The predicted molar refractivity (Wildman–Crippen MR) is 131 cm³/mol. The van der Waals surface area contributed by atoms with Crippen molar-refractivity contribution in [3.8, 4) is 5.75 Å². The average molecular weight is 512 g/mol. The van der Waals surface area contributed by atoms with E-state index in [1.165, 1.54) is 6.42 Å². The molecule has 1 saturated carbocycles. The Morgan fingerprint density at radius 3 is 2.53 bits per heavy atom. The highest BCUT2D eigenvalue weighted by Gasteiger charge is 2.40. The maximum atomic E-state index is 11.7. The van der Waals surface area contributed by atoms with E-state index in [2.05, 4.69) is 39.9 Å². The van der Waals surface area contributed by atoms with Crippen LogP contribution in [-0.2, 0) is 0 Å². The lowest BCUT2D eigenvalue weighted by Crippen LogP contribution is -2.50. The van der Waals surface area contributed by atoms with E-state index in [4.69, 9.17) is 4.74 Å². The molecule has 2 N–H and O–H groups in total. The molecule has 32 heavy (non-hydrogen) atoms. The quantitative estimate of drug-likeness (QED) is 0.459. The van der Waals surface area contributed by atoms with E-state index >= 15 is 0 Å². The van der Waals surface area contributed by atoms with Gasteiger partial charge in [0.1, 0.15) is 5.75 Å². The molecule has 2 aliphatic rings. The van der Waals surface area contributed by atoms with Gasteiger partial charge in [0, 0.05) is 38.1 Å². The van der Waals surface area contributed by atoms with E-state index in [1.54, 1.807) is 12.0 Å². The van der Waals surface area contributed by atoms with E-state index in [-0.39, 0.29) is 12.0 Å². The number of amides is 1. The van der Waals surface area contributed by atoms with Crippen LogP contribution in [0.3, 0.4) is 0 Å². The van der Waals surface area contributed by atoms with Crippen molar-refractivity contribution in [2.75, 3.05) is 33.3 Å². The third kappa shape index (κ3) is 6.17. The number of nitrogens with zero attached hydrogens (tertiary/aromatic N) is 2. The number of carboxylic acid groups (broad SMARTS) is 1. The number of piperidine rings is 1. The highest BCUT2D eigenvalue weighted by molar-refractivity contribution is 9.10. The maximum absolute atomic E-state index is 11.7. The summed E-state index contributed by atoms with van der Waals surface area (Å²) >= 11 is 3.62. The van der Waals surface area contributed by atoms with Crippen molar-refractivity contribution in [2.24, 2.45) is 0 Å². The molecule has 2 fully saturated rings. The van der Waals surface area contributed by atoms with Gasteiger partial charge in [0.2, 0.25) is 0 Å². The zero-order valence-corrected chi connectivity index (χ0v) is 21.1. The summed E-state index contributed by atoms with van der Waals surface area (Å²) in [5, 5.41) is 21.3. The molecule has 1 heterocycles. The number of halogens is 1. The summed E-state index contributed by atoms with van der Waals surface area (Å²) in [6.07, 6.45) is 7.82. The number of unbranched alkanes of at least 4 members (excludes halogenated alkanes) is 1. The second-order valence-corrected chi connectivity index (χ2v) is 10.3. The molecule has 6 nitrogen and oxygen atoms in total. The highest BCUT2D eigenvalue weighted by atomic mass is 79.9. The van der Waals surface area contributed by atoms with E-state index in [0.717, 1.165) is 86.8 Å². The number of hydrogen-bond donors (Lipinski definition) is 2. The lowest BCUT2D eigenvalue weighted by molar-refractivity contribution is -0.0338. The molecule has 1 aliphatic heterocycles. The molecule has 0 radical (unpaired) electrons. The Kier molecular flexibility index (Phi) is 9.26. The lowest BCUT2D eigenvalue weighted by atomic mass is 9.72. The monoisotopic (exact) mass is 510 g/mol. The molecular formula is C25H39BrN2O4. The number of methoxy groups -OCH3 is 1. The van der Waals surface area contributed by atoms with Crippen LogP contribution >= 0.6 is 15.9 Å². The normalized spacial score (nSPS) is 20.6. The van der Waals surface area contributed by atoms with E-state index in [9.17, 15) is 15.0 Å². The maximum Gasteiger partial charge on any atom is 0.407 e. The fourth-order valence-electron chi connectivity index (χ4n) is 5.43. The second kappa shape index (κ2) is 11.7. The van der Waals surface area contributed by atoms with Crippen molar-refractivity contribution in [3.63, 3.8) is 0 Å². The average Bonchev–Trinajstić information content (AvgIpc) is 2.78. The summed E-state index contributed by atoms with van der Waals surface area (Å²) in [5.74, 6) is 0.821. The van der Waals surface area contributed by atoms with Gasteiger partial charge < -0.3 is 24.7 Å². The molecule has 1 saturated heterocycles. The molecule has 0 aromatic heterocycles. The van der Waals surface area contributed by atoms with Crippen LogP contribution in [0.15, 0.2) is 22.7 Å². The third-order valence-corrected chi connectivity index (χ3v) is 8.00. The predicted octanol–water partition coefficient (Wildman–Crippen LogP) is 5.48. The molecule has 7 heteroatoms. The number of rotatable bonds is 9. The molecule has 1 aromatic rings. The molecular weight excluding hydrogens is 472 g/mol. The first-order chi connectivity index (χ1) is 15.4. The van der Waals surface area contributed by atoms with Gasteiger partial charge in [0.25, 0.3) is 0 Å². The molecule has 180 valence electrons. The van der Waals surface area contributed by atoms with Crippen LogP contribution in [0, 0.1) is 0 Å². The Labute approximate surface area is 201 Å². The van der Waals surface area contributed by atoms with Crippen LogP contribution in [0.5, 0.6) is 5.75 Å². The standard InChI is InChI=1S/C25H39BrN2O4/c1-3-4-14-28(24(29)30)20-10-15-27(16-11-20)18-21(25(31)12-6-5-7-13-25)19-8-9-23(32-2)22(26)17-19/h8-9,17,20-21,31H,3-7,10-16,18H2,1-2H3,(H,29,30). The third-order valence-electron chi connectivity index (χ3n) is 7.38. The van der Waals surface area contributed by atoms with Gasteiger partial charge in [-0.3, -0.25) is 0 Å². The Balaban J connectivity index is 1.72. The van der Waals surface area contributed by atoms with Gasteiger partial charge in [-0.05, 0) is 65.7 Å². The number of hydrogen-bond acceptors (Lipinski definition) is 4. The summed E-state index contributed by atoms with van der Waals surface area (Å²) in [6.45, 7) is 5.24. The second-order valence-electron chi connectivity index (χ2n) is 9.47. The molecule has 0 spiro atoms. The van der Waals surface area contributed by atoms with Gasteiger partial charge in [-0.25, -0.2) is 4.79 Å². The summed E-state index contributed by atoms with van der Waals surface area (Å²) < 4.78 is 6.32. The lowest BCUT2D eigenvalue weighted by Gasteiger charge is -2.44. The minimum Gasteiger partial charge on any atom is -0.496 e. The van der Waals surface area contributed by atoms with Gasteiger partial charge in [0.15, 0.2) is 0 Å². The molecule has 1 unspecified atom stereocenters. The first-order valence-corrected chi connectivity index (χ1v) is 12.9. The molecule has 1 aliphatic carbocycles. The SMILES string of the molecule is CCCCN(C(=O)O)C1CCN(CC(c2ccc(OC)c(Br)c2)C2(O)CCCCC2)CC1. The largest absolute Gasteiger partial charge is 0.496 e. The fourth-order valence-corrected chi connectivity index (χ4v) is 5.99. The van der Waals surface area contributed by atoms with Crippen molar-refractivity contribution in [2.45, 2.75) is 82.3 Å². The van der Waals surface area contributed by atoms with Gasteiger partial charge >= 0.3 is 6.09 Å². The molecule has 1 amide bonds. The van der Waals surface area contributed by atoms with E-state index in [1.807, 2.05) is 6.07 Å². The zero-order chi connectivity index (χ0) is 23.1. The summed E-state index contributed by atoms with van der Waals surface area (Å²) in [4.78, 5) is 15.8. The Morgan fingerprint density at radius 1 is 1.28 bits per heavy atom. The number of likely N-dealkylation sites (tertiary alicyclic amines) is 1. The van der Waals surface area contributed by atoms with E-state index < -0.39 is 11.7 Å². The molecule has 1 atom stereocenters. The number of benzene rings is 1. The minimum atomic E-state index is -0.797.